The number of ether oxygens (including phenoxy) is 2. The van der Waals surface area contributed by atoms with Crippen LogP contribution >= 0.6 is 11.6 Å². The molecule has 0 saturated carbocycles. The maximum absolute atomic E-state index is 9.91. The van der Waals surface area contributed by atoms with Gasteiger partial charge in [0.15, 0.2) is 11.5 Å². The summed E-state index contributed by atoms with van der Waals surface area (Å²) < 4.78 is 10.7. The number of nitrogens with zero attached hydrogens (tertiary/aromatic N) is 1. The molecule has 0 aliphatic rings. The van der Waals surface area contributed by atoms with Gasteiger partial charge in [0.25, 0.3) is 0 Å². The summed E-state index contributed by atoms with van der Waals surface area (Å²) in [4.78, 5) is 0. The first-order chi connectivity index (χ1) is 14.2. The zero-order valence-corrected chi connectivity index (χ0v) is 16.8. The molecule has 142 valence electrons. The van der Waals surface area contributed by atoms with Crippen LogP contribution in [0.4, 0.5) is 0 Å². The molecule has 0 aliphatic heterocycles. The number of hydrogen-bond donors (Lipinski definition) is 0. The molecule has 29 heavy (non-hydrogen) atoms. The van der Waals surface area contributed by atoms with Crippen molar-refractivity contribution in [2.45, 2.75) is 0 Å². The first-order valence-corrected chi connectivity index (χ1v) is 9.49. The van der Waals surface area contributed by atoms with Crippen LogP contribution in [0.15, 0.2) is 66.7 Å². The van der Waals surface area contributed by atoms with E-state index in [9.17, 15) is 5.26 Å². The van der Waals surface area contributed by atoms with E-state index in [1.165, 1.54) is 0 Å². The lowest BCUT2D eigenvalue weighted by atomic mass is 9.94. The van der Waals surface area contributed by atoms with Gasteiger partial charge in [-0.05, 0) is 46.2 Å². The predicted molar refractivity (Wildman–Crippen MR) is 119 cm³/mol. The van der Waals surface area contributed by atoms with Gasteiger partial charge in [-0.1, -0.05) is 60.1 Å². The fourth-order valence-electron chi connectivity index (χ4n) is 3.59. The summed E-state index contributed by atoms with van der Waals surface area (Å²) in [5.41, 5.74) is 2.25. The molecule has 4 aromatic rings. The average Bonchev–Trinajstić information content (AvgIpc) is 2.79. The summed E-state index contributed by atoms with van der Waals surface area (Å²) in [6.07, 6.45) is 1.92. The zero-order valence-electron chi connectivity index (χ0n) is 16.1. The second-order valence-electron chi connectivity index (χ2n) is 6.56. The molecule has 0 amide bonds. The molecule has 0 N–H and O–H groups in total. The monoisotopic (exact) mass is 399 g/mol. The molecule has 4 heteroatoms. The summed E-state index contributed by atoms with van der Waals surface area (Å²) in [6, 6.07) is 23.8. The Morgan fingerprint density at radius 2 is 1.38 bits per heavy atom. The van der Waals surface area contributed by atoms with E-state index in [2.05, 4.69) is 6.07 Å². The average molecular weight is 400 g/mol. The van der Waals surface area contributed by atoms with E-state index in [0.717, 1.165) is 37.7 Å². The summed E-state index contributed by atoms with van der Waals surface area (Å²) in [5.74, 6) is 1.20. The fourth-order valence-corrected chi connectivity index (χ4v) is 3.92. The molecule has 0 atom stereocenters. The van der Waals surface area contributed by atoms with Crippen LogP contribution in [-0.4, -0.2) is 14.2 Å². The largest absolute Gasteiger partial charge is 0.493 e. The molecule has 0 unspecified atom stereocenters. The Balaban J connectivity index is 2.02. The highest BCUT2D eigenvalue weighted by Gasteiger charge is 2.13. The minimum atomic E-state index is 0.531. The Morgan fingerprint density at radius 1 is 0.828 bits per heavy atom. The minimum Gasteiger partial charge on any atom is -0.493 e. The summed E-state index contributed by atoms with van der Waals surface area (Å²) >= 11 is 6.69. The van der Waals surface area contributed by atoms with Crippen molar-refractivity contribution in [3.05, 3.63) is 82.9 Å². The number of hydrogen-bond acceptors (Lipinski definition) is 3. The molecule has 4 aromatic carbocycles. The maximum atomic E-state index is 9.91. The highest BCUT2D eigenvalue weighted by Crippen LogP contribution is 2.38. The number of allylic oxidation sites excluding steroid dienone is 1. The first-order valence-electron chi connectivity index (χ1n) is 9.11. The number of fused-ring (bicyclic) bond motifs is 2. The van der Waals surface area contributed by atoms with Crippen LogP contribution < -0.4 is 9.47 Å². The van der Waals surface area contributed by atoms with Gasteiger partial charge in [0.05, 0.1) is 30.9 Å². The van der Waals surface area contributed by atoms with E-state index in [1.807, 2.05) is 66.7 Å². The fraction of sp³-hybridized carbons (Fsp3) is 0.0800. The van der Waals surface area contributed by atoms with E-state index in [4.69, 9.17) is 21.1 Å². The van der Waals surface area contributed by atoms with Crippen LogP contribution in [0.2, 0.25) is 5.02 Å². The van der Waals surface area contributed by atoms with Crippen LogP contribution in [-0.2, 0) is 0 Å². The smallest absolute Gasteiger partial charge is 0.161 e. The number of nitriles is 1. The van der Waals surface area contributed by atoms with E-state index in [1.54, 1.807) is 20.3 Å². The third-order valence-electron chi connectivity index (χ3n) is 5.01. The molecule has 0 bridgehead atoms. The van der Waals surface area contributed by atoms with Crippen LogP contribution in [0.1, 0.15) is 11.1 Å². The zero-order chi connectivity index (χ0) is 20.4. The summed E-state index contributed by atoms with van der Waals surface area (Å²) in [6.45, 7) is 0. The molecule has 0 heterocycles. The molecule has 0 aliphatic carbocycles. The van der Waals surface area contributed by atoms with Crippen molar-refractivity contribution in [1.29, 1.82) is 5.26 Å². The number of halogens is 1. The van der Waals surface area contributed by atoms with Gasteiger partial charge in [-0.2, -0.15) is 5.26 Å². The van der Waals surface area contributed by atoms with Crippen molar-refractivity contribution in [2.24, 2.45) is 0 Å². The normalized spacial score (nSPS) is 11.4. The van der Waals surface area contributed by atoms with Gasteiger partial charge < -0.3 is 9.47 Å². The number of benzene rings is 4. The second-order valence-corrected chi connectivity index (χ2v) is 6.94. The lowest BCUT2D eigenvalue weighted by molar-refractivity contribution is 0.355. The Bertz CT molecular complexity index is 1240. The molecule has 0 saturated heterocycles. The van der Waals surface area contributed by atoms with Crippen LogP contribution in [0.5, 0.6) is 11.5 Å². The van der Waals surface area contributed by atoms with Crippen molar-refractivity contribution in [2.75, 3.05) is 14.2 Å². The van der Waals surface area contributed by atoms with Crippen LogP contribution in [0, 0.1) is 11.3 Å². The van der Waals surface area contributed by atoms with E-state index < -0.39 is 0 Å². The lowest BCUT2D eigenvalue weighted by Crippen LogP contribution is -1.92. The standard InChI is InChI=1S/C25H18ClNO2/c1-28-23-12-11-16(14-24(23)29-2)17(15-27)13-22-18-7-3-5-9-20(18)25(26)21-10-6-4-8-19(21)22/h3-14H,1-2H3/b17-13+. The highest BCUT2D eigenvalue weighted by molar-refractivity contribution is 6.41. The summed E-state index contributed by atoms with van der Waals surface area (Å²) in [5, 5.41) is 14.6. The van der Waals surface area contributed by atoms with Gasteiger partial charge >= 0.3 is 0 Å². The Kier molecular flexibility index (Phi) is 5.12. The van der Waals surface area contributed by atoms with Gasteiger partial charge in [0.1, 0.15) is 0 Å². The number of rotatable bonds is 4. The lowest BCUT2D eigenvalue weighted by Gasteiger charge is -2.12. The quantitative estimate of drug-likeness (QED) is 0.217. The van der Waals surface area contributed by atoms with Crippen molar-refractivity contribution in [3.8, 4) is 17.6 Å². The topological polar surface area (TPSA) is 42.2 Å². The van der Waals surface area contributed by atoms with Gasteiger partial charge in [-0.25, -0.2) is 0 Å². The van der Waals surface area contributed by atoms with Crippen LogP contribution in [0.3, 0.4) is 0 Å². The van der Waals surface area contributed by atoms with Gasteiger partial charge in [-0.3, -0.25) is 0 Å². The Labute approximate surface area is 174 Å². The molecule has 3 nitrogen and oxygen atoms in total. The summed E-state index contributed by atoms with van der Waals surface area (Å²) in [7, 11) is 3.17. The molecular weight excluding hydrogens is 382 g/mol. The van der Waals surface area contributed by atoms with Crippen molar-refractivity contribution < 1.29 is 9.47 Å². The maximum Gasteiger partial charge on any atom is 0.161 e. The molecular formula is C25H18ClNO2. The predicted octanol–water partition coefficient (Wildman–Crippen LogP) is 6.73. The second kappa shape index (κ2) is 7.87. The SMILES string of the molecule is COc1ccc(/C(C#N)=C/c2c3ccccc3c(Cl)c3ccccc23)cc1OC. The third-order valence-corrected chi connectivity index (χ3v) is 5.42. The van der Waals surface area contributed by atoms with Crippen molar-refractivity contribution in [1.82, 2.24) is 0 Å². The minimum absolute atomic E-state index is 0.531. The Hall–Kier alpha value is -3.48. The molecule has 0 radical (unpaired) electrons. The van der Waals surface area contributed by atoms with Gasteiger partial charge in [0, 0.05) is 10.8 Å². The third kappa shape index (κ3) is 3.29. The highest BCUT2D eigenvalue weighted by atomic mass is 35.5. The van der Waals surface area contributed by atoms with Crippen molar-refractivity contribution in [3.63, 3.8) is 0 Å². The van der Waals surface area contributed by atoms with Gasteiger partial charge in [-0.15, -0.1) is 0 Å². The molecule has 0 aromatic heterocycles. The molecule has 0 spiro atoms. The Morgan fingerprint density at radius 3 is 1.90 bits per heavy atom. The van der Waals surface area contributed by atoms with E-state index in [0.29, 0.717) is 17.1 Å². The van der Waals surface area contributed by atoms with Gasteiger partial charge in [0.2, 0.25) is 0 Å². The van der Waals surface area contributed by atoms with Crippen molar-refractivity contribution >= 4 is 44.8 Å². The van der Waals surface area contributed by atoms with E-state index >= 15 is 0 Å². The number of methoxy groups -OCH3 is 2. The van der Waals surface area contributed by atoms with E-state index in [-0.39, 0.29) is 0 Å². The molecule has 0 fully saturated rings. The molecule has 4 rings (SSSR count). The van der Waals surface area contributed by atoms with Crippen LogP contribution in [0.25, 0.3) is 33.2 Å². The first kappa shape index (κ1) is 18.9.